The van der Waals surface area contributed by atoms with Gasteiger partial charge in [-0.2, -0.15) is 11.8 Å². The van der Waals surface area contributed by atoms with Crippen LogP contribution in [0.1, 0.15) is 22.9 Å². The molecule has 30 heavy (non-hydrogen) atoms. The molecule has 7 nitrogen and oxygen atoms in total. The van der Waals surface area contributed by atoms with Gasteiger partial charge in [0.1, 0.15) is 12.6 Å². The highest BCUT2D eigenvalue weighted by Gasteiger charge is 2.37. The number of amides is 1. The molecule has 1 saturated heterocycles. The van der Waals surface area contributed by atoms with Crippen LogP contribution in [0.3, 0.4) is 0 Å². The zero-order chi connectivity index (χ0) is 21.5. The van der Waals surface area contributed by atoms with Crippen molar-refractivity contribution < 1.29 is 24.6 Å². The maximum Gasteiger partial charge on any atom is 0.323 e. The second-order valence-corrected chi connectivity index (χ2v) is 9.12. The number of carbonyl (C=O) groups excluding carboxylic acids is 1. The molecule has 2 heterocycles. The fourth-order valence-corrected chi connectivity index (χ4v) is 5.60. The Labute approximate surface area is 183 Å². The van der Waals surface area contributed by atoms with E-state index in [1.807, 2.05) is 47.8 Å². The van der Waals surface area contributed by atoms with Gasteiger partial charge in [0.15, 0.2) is 0 Å². The third-order valence-electron chi connectivity index (χ3n) is 4.96. The predicted octanol–water partition coefficient (Wildman–Crippen LogP) is 2.49. The second-order valence-electron chi connectivity index (χ2n) is 7.06. The molecule has 0 bridgehead atoms. The van der Waals surface area contributed by atoms with Crippen molar-refractivity contribution in [3.63, 3.8) is 0 Å². The van der Waals surface area contributed by atoms with Crippen molar-refractivity contribution in [1.82, 2.24) is 10.2 Å². The highest BCUT2D eigenvalue weighted by molar-refractivity contribution is 7.99. The number of nitrogens with zero attached hydrogens (tertiary/aromatic N) is 1. The third-order valence-corrected chi connectivity index (χ3v) is 7.05. The molecule has 1 aromatic carbocycles. The van der Waals surface area contributed by atoms with Gasteiger partial charge in [-0.3, -0.25) is 19.7 Å². The van der Waals surface area contributed by atoms with Crippen LogP contribution < -0.4 is 5.32 Å². The van der Waals surface area contributed by atoms with Gasteiger partial charge in [0.25, 0.3) is 0 Å². The van der Waals surface area contributed by atoms with Crippen LogP contribution in [0.5, 0.6) is 0 Å². The topological polar surface area (TPSA) is 107 Å². The lowest BCUT2D eigenvalue weighted by Gasteiger charge is -2.30. The summed E-state index contributed by atoms with van der Waals surface area (Å²) in [6.07, 6.45) is 0.899. The van der Waals surface area contributed by atoms with E-state index in [2.05, 4.69) is 5.32 Å². The van der Waals surface area contributed by atoms with Crippen molar-refractivity contribution >= 4 is 40.9 Å². The smallest absolute Gasteiger partial charge is 0.323 e. The lowest BCUT2D eigenvalue weighted by Crippen LogP contribution is -2.53. The molecule has 160 valence electrons. The molecule has 1 aliphatic rings. The summed E-state index contributed by atoms with van der Waals surface area (Å²) in [5.74, 6) is -1.51. The summed E-state index contributed by atoms with van der Waals surface area (Å²) in [4.78, 5) is 38.7. The van der Waals surface area contributed by atoms with Gasteiger partial charge in [-0.15, -0.1) is 11.3 Å². The highest BCUT2D eigenvalue weighted by Crippen LogP contribution is 2.32. The lowest BCUT2D eigenvalue weighted by atomic mass is 10.0. The van der Waals surface area contributed by atoms with Gasteiger partial charge in [-0.05, 0) is 29.9 Å². The molecule has 1 fully saturated rings. The van der Waals surface area contributed by atoms with Crippen LogP contribution in [0, 0.1) is 0 Å². The first-order valence-corrected chi connectivity index (χ1v) is 11.7. The Bertz CT molecular complexity index is 860. The summed E-state index contributed by atoms with van der Waals surface area (Å²) in [5, 5.41) is 23.9. The van der Waals surface area contributed by atoms with E-state index in [1.54, 1.807) is 0 Å². The molecular weight excluding hydrogens is 424 g/mol. The molecule has 0 radical (unpaired) electrons. The number of carboxylic acids is 2. The summed E-state index contributed by atoms with van der Waals surface area (Å²) < 4.78 is 0. The number of hydrogen-bond donors (Lipinski definition) is 3. The molecule has 0 saturated carbocycles. The third kappa shape index (κ3) is 5.84. The van der Waals surface area contributed by atoms with Gasteiger partial charge < -0.3 is 15.1 Å². The highest BCUT2D eigenvalue weighted by atomic mass is 32.2. The average Bonchev–Trinajstić information content (AvgIpc) is 3.21. The number of aliphatic carboxylic acids is 2. The van der Waals surface area contributed by atoms with Crippen LogP contribution in [0.4, 0.5) is 0 Å². The number of rotatable bonds is 9. The Kier molecular flexibility index (Phi) is 7.89. The fourth-order valence-electron chi connectivity index (χ4n) is 3.46. The number of nitrogens with one attached hydrogen (secondary N) is 1. The van der Waals surface area contributed by atoms with Crippen molar-refractivity contribution in [3.05, 3.63) is 58.3 Å². The molecule has 0 aliphatic carbocycles. The van der Waals surface area contributed by atoms with Crippen LogP contribution >= 0.6 is 23.1 Å². The number of hydrogen-bond acceptors (Lipinski definition) is 6. The first-order chi connectivity index (χ1) is 14.5. The van der Waals surface area contributed by atoms with E-state index < -0.39 is 30.6 Å². The van der Waals surface area contributed by atoms with Crippen molar-refractivity contribution in [2.45, 2.75) is 31.0 Å². The summed E-state index contributed by atoms with van der Waals surface area (Å²) in [6.45, 7) is -0.415. The normalized spacial score (nSPS) is 20.5. The number of thioether (sulfide) groups is 1. The van der Waals surface area contributed by atoms with E-state index in [0.717, 1.165) is 10.4 Å². The van der Waals surface area contributed by atoms with E-state index in [-0.39, 0.29) is 11.9 Å². The molecule has 1 aliphatic heterocycles. The monoisotopic (exact) mass is 448 g/mol. The van der Waals surface area contributed by atoms with Crippen molar-refractivity contribution in [1.29, 1.82) is 0 Å². The van der Waals surface area contributed by atoms with Crippen molar-refractivity contribution in [2.75, 3.05) is 18.1 Å². The van der Waals surface area contributed by atoms with Crippen molar-refractivity contribution in [3.8, 4) is 0 Å². The number of benzene rings is 1. The maximum atomic E-state index is 13.2. The van der Waals surface area contributed by atoms with Crippen LogP contribution in [0.15, 0.2) is 47.8 Å². The molecule has 1 amide bonds. The second kappa shape index (κ2) is 10.6. The maximum absolute atomic E-state index is 13.2. The molecule has 3 rings (SSSR count). The summed E-state index contributed by atoms with van der Waals surface area (Å²) >= 11 is 3.01. The van der Waals surface area contributed by atoms with Gasteiger partial charge in [0.2, 0.25) is 5.91 Å². The quantitative estimate of drug-likeness (QED) is 0.541. The molecular formula is C21H24N2O5S2. The molecule has 1 unspecified atom stereocenters. The van der Waals surface area contributed by atoms with Crippen LogP contribution in [-0.4, -0.2) is 63.1 Å². The Hall–Kier alpha value is -2.36. The minimum absolute atomic E-state index is 0.334. The Balaban J connectivity index is 1.73. The largest absolute Gasteiger partial charge is 0.480 e. The minimum Gasteiger partial charge on any atom is -0.480 e. The summed E-state index contributed by atoms with van der Waals surface area (Å²) in [7, 11) is 0. The van der Waals surface area contributed by atoms with Crippen molar-refractivity contribution in [2.24, 2.45) is 0 Å². The molecule has 1 aromatic heterocycles. The zero-order valence-corrected chi connectivity index (χ0v) is 17.9. The fraction of sp³-hybridized carbons (Fsp3) is 0.381. The number of aryl methyl sites for hydroxylation is 1. The van der Waals surface area contributed by atoms with E-state index >= 15 is 0 Å². The Morgan fingerprint density at radius 1 is 1.13 bits per heavy atom. The van der Waals surface area contributed by atoms with E-state index in [0.29, 0.717) is 24.3 Å². The number of carboxylic acid groups (broad SMARTS) is 2. The first-order valence-electron chi connectivity index (χ1n) is 9.62. The van der Waals surface area contributed by atoms with E-state index in [1.165, 1.54) is 28.0 Å². The molecule has 3 N–H and O–H groups in total. The minimum atomic E-state index is -1.09. The van der Waals surface area contributed by atoms with Gasteiger partial charge >= 0.3 is 11.9 Å². The summed E-state index contributed by atoms with van der Waals surface area (Å²) in [5.41, 5.74) is 1.03. The van der Waals surface area contributed by atoms with Crippen LogP contribution in [0.25, 0.3) is 0 Å². The molecule has 0 spiro atoms. The first kappa shape index (κ1) is 22.3. The Morgan fingerprint density at radius 2 is 1.90 bits per heavy atom. The Morgan fingerprint density at radius 3 is 2.53 bits per heavy atom. The zero-order valence-electron chi connectivity index (χ0n) is 16.3. The van der Waals surface area contributed by atoms with Gasteiger partial charge in [-0.25, -0.2) is 0 Å². The molecule has 9 heteroatoms. The van der Waals surface area contributed by atoms with Gasteiger partial charge in [0.05, 0.1) is 12.1 Å². The van der Waals surface area contributed by atoms with E-state index in [4.69, 9.17) is 0 Å². The van der Waals surface area contributed by atoms with E-state index in [9.17, 15) is 24.6 Å². The average molecular weight is 449 g/mol. The number of thiophene rings is 1. The number of carbonyl (C=O) groups is 3. The summed E-state index contributed by atoms with van der Waals surface area (Å²) in [6, 6.07) is 11.4. The molecule has 2 aromatic rings. The van der Waals surface area contributed by atoms with Crippen LogP contribution in [0.2, 0.25) is 0 Å². The lowest BCUT2D eigenvalue weighted by molar-refractivity contribution is -0.147. The molecule has 3 atom stereocenters. The predicted molar refractivity (Wildman–Crippen MR) is 117 cm³/mol. The standard InChI is InChI=1S/C21H24N2O5S2/c24-19(25)11-23-17(18-7-4-10-30-18)13-29-12-16(20(23)26)22-15(21(27)28)9-8-14-5-2-1-3-6-14/h1-7,10,15-17,22H,8-9,11-13H2,(H,24,25)(H,27,28)/t15-,16-,17?/m0/s1. The van der Waals surface area contributed by atoms with Gasteiger partial charge in [-0.1, -0.05) is 36.4 Å². The SMILES string of the molecule is O=C(O)CN1C(=O)[C@@H](N[C@@H](CCc2ccccc2)C(=O)O)CSCC1c1cccs1. The van der Waals surface area contributed by atoms with Gasteiger partial charge in [0, 0.05) is 16.4 Å². The van der Waals surface area contributed by atoms with Crippen LogP contribution in [-0.2, 0) is 20.8 Å².